The number of nitrogens with zero attached hydrogens (tertiary/aromatic N) is 5. The number of pyridine rings is 1. The van der Waals surface area contributed by atoms with E-state index in [0.29, 0.717) is 49.3 Å². The molecule has 0 amide bonds. The molecule has 0 unspecified atom stereocenters. The first kappa shape index (κ1) is 28.2. The predicted molar refractivity (Wildman–Crippen MR) is 165 cm³/mol. The van der Waals surface area contributed by atoms with E-state index in [2.05, 4.69) is 39.4 Å². The highest BCUT2D eigenvalue weighted by Gasteiger charge is 2.27. The second kappa shape index (κ2) is 11.4. The summed E-state index contributed by atoms with van der Waals surface area (Å²) in [7, 11) is -1.31. The lowest BCUT2D eigenvalue weighted by molar-refractivity contribution is 0.0792. The number of carbonyl (C=O) groups excluding carboxylic acids is 1. The van der Waals surface area contributed by atoms with E-state index in [9.17, 15) is 14.0 Å². The van der Waals surface area contributed by atoms with E-state index in [1.807, 2.05) is 18.2 Å². The topological polar surface area (TPSA) is 93.7 Å². The first-order valence-corrected chi connectivity index (χ1v) is 17.9. The fourth-order valence-corrected chi connectivity index (χ4v) is 6.17. The number of benzene rings is 2. The molecule has 2 aromatic carbocycles. The van der Waals surface area contributed by atoms with Gasteiger partial charge in [0.05, 0.1) is 12.1 Å². The van der Waals surface area contributed by atoms with Gasteiger partial charge in [0, 0.05) is 57.8 Å². The second-order valence-corrected chi connectivity index (χ2v) is 17.6. The molecule has 0 bridgehead atoms. The minimum absolute atomic E-state index is 0.118. The molecule has 1 saturated heterocycles. The van der Waals surface area contributed by atoms with Gasteiger partial charge in [-0.05, 0) is 41.8 Å². The van der Waals surface area contributed by atoms with Crippen molar-refractivity contribution >= 4 is 52.5 Å². The van der Waals surface area contributed by atoms with E-state index in [1.54, 1.807) is 29.0 Å². The monoisotopic (exact) mass is 587 g/mol. The third-order valence-corrected chi connectivity index (χ3v) is 9.42. The highest BCUT2D eigenvalue weighted by atomic mass is 28.3. The van der Waals surface area contributed by atoms with Gasteiger partial charge in [0.15, 0.2) is 11.3 Å². The van der Waals surface area contributed by atoms with Crippen molar-refractivity contribution in [3.05, 3.63) is 76.8 Å². The summed E-state index contributed by atoms with van der Waals surface area (Å²) in [5.74, 6) is 0.446. The highest BCUT2D eigenvalue weighted by molar-refractivity contribution is 6.76. The van der Waals surface area contributed by atoms with Gasteiger partial charge in [-0.3, -0.25) is 14.3 Å². The van der Waals surface area contributed by atoms with Gasteiger partial charge in [0.2, 0.25) is 5.78 Å². The molecule has 9 nitrogen and oxygen atoms in total. The summed E-state index contributed by atoms with van der Waals surface area (Å²) >= 11 is 0. The molecule has 1 aliphatic heterocycles. The van der Waals surface area contributed by atoms with E-state index in [1.165, 1.54) is 12.1 Å². The molecule has 5 aromatic rings. The summed E-state index contributed by atoms with van der Waals surface area (Å²) in [6.45, 7) is 10.2. The number of halogens is 1. The Bertz CT molecular complexity index is 1840. The zero-order chi connectivity index (χ0) is 29.4. The SMILES string of the molecule is C[Si](C)(C)CCOCn1c(C(=O)CN2CCN(c3nccc4ccc(F)cc34)CC2)nc2c(=O)oc3ccccc3c21. The zero-order valence-electron chi connectivity index (χ0n) is 24.1. The Balaban J connectivity index is 1.23. The van der Waals surface area contributed by atoms with Crippen LogP contribution in [0.3, 0.4) is 0 Å². The number of piperazine rings is 1. The number of imidazole rings is 1. The van der Waals surface area contributed by atoms with Crippen LogP contribution in [0.5, 0.6) is 0 Å². The molecule has 1 aliphatic rings. The molecule has 6 rings (SSSR count). The van der Waals surface area contributed by atoms with Crippen LogP contribution in [0.25, 0.3) is 32.8 Å². The maximum Gasteiger partial charge on any atom is 0.364 e. The first-order valence-electron chi connectivity index (χ1n) is 14.2. The minimum Gasteiger partial charge on any atom is -0.421 e. The number of Topliss-reactive ketones (excluding diaryl/α,β-unsaturated/α-hetero) is 1. The van der Waals surface area contributed by atoms with Crippen LogP contribution in [0, 0.1) is 5.82 Å². The van der Waals surface area contributed by atoms with Crippen molar-refractivity contribution in [3.8, 4) is 0 Å². The lowest BCUT2D eigenvalue weighted by atomic mass is 10.1. The van der Waals surface area contributed by atoms with Crippen LogP contribution in [0.2, 0.25) is 25.7 Å². The number of aromatic nitrogens is 3. The van der Waals surface area contributed by atoms with Gasteiger partial charge in [-0.15, -0.1) is 0 Å². The third kappa shape index (κ3) is 5.72. The van der Waals surface area contributed by atoms with Crippen LogP contribution in [-0.4, -0.2) is 72.6 Å². The van der Waals surface area contributed by atoms with Gasteiger partial charge in [0.25, 0.3) is 0 Å². The molecule has 11 heteroatoms. The van der Waals surface area contributed by atoms with Gasteiger partial charge in [0.1, 0.15) is 23.9 Å². The average molecular weight is 588 g/mol. The number of fused-ring (bicyclic) bond motifs is 4. The number of hydrogen-bond acceptors (Lipinski definition) is 8. The van der Waals surface area contributed by atoms with Gasteiger partial charge >= 0.3 is 5.63 Å². The zero-order valence-corrected chi connectivity index (χ0v) is 25.1. The van der Waals surface area contributed by atoms with Gasteiger partial charge in [-0.25, -0.2) is 19.2 Å². The Morgan fingerprint density at radius 1 is 1.05 bits per heavy atom. The van der Waals surface area contributed by atoms with Crippen molar-refractivity contribution in [2.45, 2.75) is 32.4 Å². The standard InChI is InChI=1S/C31H34FN5O4Si/c1-42(2,3)17-16-40-20-37-28-23-6-4-5-7-26(23)41-31(39)27(28)34-30(37)25(38)19-35-12-14-36(15-13-35)29-24-18-22(32)9-8-21(24)10-11-33-29/h4-11,18H,12-17,19-20H2,1-3H3. The van der Waals surface area contributed by atoms with Crippen molar-refractivity contribution in [1.29, 1.82) is 0 Å². The summed E-state index contributed by atoms with van der Waals surface area (Å²) in [4.78, 5) is 39.9. The molecule has 0 saturated carbocycles. The fraction of sp³-hybridized carbons (Fsp3) is 0.355. The van der Waals surface area contributed by atoms with Gasteiger partial charge in [-0.1, -0.05) is 37.8 Å². The Morgan fingerprint density at radius 3 is 2.62 bits per heavy atom. The number of ether oxygens (including phenoxy) is 1. The minimum atomic E-state index is -1.31. The van der Waals surface area contributed by atoms with E-state index < -0.39 is 13.7 Å². The summed E-state index contributed by atoms with van der Waals surface area (Å²) in [5, 5.41) is 2.41. The largest absolute Gasteiger partial charge is 0.421 e. The fourth-order valence-electron chi connectivity index (χ4n) is 5.41. The van der Waals surface area contributed by atoms with Crippen LogP contribution >= 0.6 is 0 Å². The van der Waals surface area contributed by atoms with Crippen molar-refractivity contribution in [3.63, 3.8) is 0 Å². The average Bonchev–Trinajstić information content (AvgIpc) is 3.36. The molecular formula is C31H34FN5O4Si. The number of ketones is 1. The Kier molecular flexibility index (Phi) is 7.65. The molecule has 0 radical (unpaired) electrons. The number of carbonyl (C=O) groups is 1. The van der Waals surface area contributed by atoms with Crippen LogP contribution in [0.1, 0.15) is 10.6 Å². The third-order valence-electron chi connectivity index (χ3n) is 7.72. The smallest absolute Gasteiger partial charge is 0.364 e. The number of hydrogen-bond donors (Lipinski definition) is 0. The lowest BCUT2D eigenvalue weighted by Crippen LogP contribution is -2.48. The Hall–Kier alpha value is -3.93. The number of anilines is 1. The molecule has 1 fully saturated rings. The number of para-hydroxylation sites is 1. The Labute approximate surface area is 243 Å². The summed E-state index contributed by atoms with van der Waals surface area (Å²) in [6.07, 6.45) is 1.74. The van der Waals surface area contributed by atoms with Crippen molar-refractivity contribution in [2.24, 2.45) is 0 Å². The number of rotatable bonds is 9. The van der Waals surface area contributed by atoms with Gasteiger partial charge in [-0.2, -0.15) is 0 Å². The van der Waals surface area contributed by atoms with E-state index >= 15 is 0 Å². The summed E-state index contributed by atoms with van der Waals surface area (Å²) in [6, 6.07) is 14.9. The highest BCUT2D eigenvalue weighted by Crippen LogP contribution is 2.27. The summed E-state index contributed by atoms with van der Waals surface area (Å²) < 4.78 is 27.3. The molecule has 0 N–H and O–H groups in total. The van der Waals surface area contributed by atoms with Crippen LogP contribution < -0.4 is 10.5 Å². The van der Waals surface area contributed by atoms with Crippen molar-refractivity contribution in [2.75, 3.05) is 44.2 Å². The van der Waals surface area contributed by atoms with Gasteiger partial charge < -0.3 is 14.1 Å². The van der Waals surface area contributed by atoms with Crippen molar-refractivity contribution in [1.82, 2.24) is 19.4 Å². The maximum atomic E-state index is 14.0. The maximum absolute atomic E-state index is 14.0. The normalized spacial score (nSPS) is 14.8. The molecule has 42 heavy (non-hydrogen) atoms. The second-order valence-electron chi connectivity index (χ2n) is 12.0. The van der Waals surface area contributed by atoms with E-state index in [0.717, 1.165) is 22.6 Å². The molecule has 0 atom stereocenters. The van der Waals surface area contributed by atoms with Crippen LogP contribution in [-0.2, 0) is 11.5 Å². The quantitative estimate of drug-likeness (QED) is 0.101. The van der Waals surface area contributed by atoms with Crippen LogP contribution in [0.4, 0.5) is 10.2 Å². The summed E-state index contributed by atoms with van der Waals surface area (Å²) in [5.41, 5.74) is 0.545. The Morgan fingerprint density at radius 2 is 1.83 bits per heavy atom. The van der Waals surface area contributed by atoms with E-state index in [4.69, 9.17) is 9.15 Å². The van der Waals surface area contributed by atoms with Crippen LogP contribution in [0.15, 0.2) is 63.9 Å². The lowest BCUT2D eigenvalue weighted by Gasteiger charge is -2.35. The first-order chi connectivity index (χ1) is 20.2. The predicted octanol–water partition coefficient (Wildman–Crippen LogP) is 5.15. The van der Waals surface area contributed by atoms with E-state index in [-0.39, 0.29) is 36.2 Å². The molecule has 0 aliphatic carbocycles. The molecule has 0 spiro atoms. The molecular weight excluding hydrogens is 553 g/mol. The van der Waals surface area contributed by atoms with Crippen molar-refractivity contribution < 1.29 is 18.3 Å². The molecule has 4 heterocycles. The molecule has 218 valence electrons. The molecule has 3 aromatic heterocycles.